The minimum atomic E-state index is -3.91. The van der Waals surface area contributed by atoms with Gasteiger partial charge in [0.1, 0.15) is 6.04 Å². The topological polar surface area (TPSA) is 122 Å². The summed E-state index contributed by atoms with van der Waals surface area (Å²) in [5.74, 6) is -1.34. The van der Waals surface area contributed by atoms with E-state index in [9.17, 15) is 23.1 Å². The molecule has 0 radical (unpaired) electrons. The van der Waals surface area contributed by atoms with Gasteiger partial charge in [0.05, 0.1) is 12.9 Å². The maximum absolute atomic E-state index is 12.6. The molecule has 2 aliphatic rings. The molecule has 9 nitrogen and oxygen atoms in total. The van der Waals surface area contributed by atoms with Gasteiger partial charge in [-0.15, -0.1) is 0 Å². The SMILES string of the molecule is Cn1cnc(S(=O)(=O)NCC(=O)N2C(C(=O)O)CC3CCCCC32)c1. The molecule has 138 valence electrons. The maximum atomic E-state index is 12.6. The minimum Gasteiger partial charge on any atom is -0.480 e. The number of carboxylic acids is 1. The predicted octanol–water partition coefficient (Wildman–Crippen LogP) is -0.0573. The molecule has 3 rings (SSSR count). The Bertz CT molecular complexity index is 775. The number of amides is 1. The molecule has 10 heteroatoms. The van der Waals surface area contributed by atoms with Crippen LogP contribution in [0, 0.1) is 5.92 Å². The number of aliphatic carboxylic acids is 1. The number of aryl methyl sites for hydroxylation is 1. The van der Waals surface area contributed by atoms with Crippen LogP contribution in [-0.2, 0) is 26.7 Å². The number of imidazole rings is 1. The Labute approximate surface area is 146 Å². The fraction of sp³-hybridized carbons (Fsp3) is 0.667. The van der Waals surface area contributed by atoms with Gasteiger partial charge in [-0.05, 0) is 25.2 Å². The second kappa shape index (κ2) is 6.75. The van der Waals surface area contributed by atoms with Crippen molar-refractivity contribution in [3.8, 4) is 0 Å². The third-order valence-corrected chi connectivity index (χ3v) is 6.32. The molecule has 0 aromatic carbocycles. The van der Waals surface area contributed by atoms with Crippen LogP contribution in [0.1, 0.15) is 32.1 Å². The highest BCUT2D eigenvalue weighted by atomic mass is 32.2. The minimum absolute atomic E-state index is 0.110. The third kappa shape index (κ3) is 3.54. The summed E-state index contributed by atoms with van der Waals surface area (Å²) >= 11 is 0. The lowest BCUT2D eigenvalue weighted by atomic mass is 9.85. The van der Waals surface area contributed by atoms with E-state index in [0.29, 0.717) is 6.42 Å². The van der Waals surface area contributed by atoms with E-state index in [1.165, 1.54) is 22.0 Å². The molecular formula is C15H22N4O5S. The first-order valence-corrected chi connectivity index (χ1v) is 9.79. The average molecular weight is 370 g/mol. The van der Waals surface area contributed by atoms with Crippen molar-refractivity contribution in [3.63, 3.8) is 0 Å². The Morgan fingerprint density at radius 1 is 1.36 bits per heavy atom. The van der Waals surface area contributed by atoms with Crippen LogP contribution in [0.5, 0.6) is 0 Å². The molecule has 1 aromatic heterocycles. The largest absolute Gasteiger partial charge is 0.480 e. The zero-order valence-electron chi connectivity index (χ0n) is 14.0. The standard InChI is InChI=1S/C15H22N4O5S/c1-18-8-13(16-9-18)25(23,24)17-7-14(20)19-11-5-3-2-4-10(11)6-12(19)15(21)22/h8-12,17H,2-7H2,1H3,(H,21,22). The Morgan fingerprint density at radius 3 is 2.72 bits per heavy atom. The Kier molecular flexibility index (Phi) is 4.83. The number of sulfonamides is 1. The summed E-state index contributed by atoms with van der Waals surface area (Å²) in [7, 11) is -2.27. The van der Waals surface area contributed by atoms with Crippen LogP contribution >= 0.6 is 0 Å². The lowest BCUT2D eigenvalue weighted by Gasteiger charge is -2.33. The van der Waals surface area contributed by atoms with Gasteiger partial charge >= 0.3 is 5.97 Å². The van der Waals surface area contributed by atoms with Gasteiger partial charge in [-0.3, -0.25) is 4.79 Å². The van der Waals surface area contributed by atoms with Crippen molar-refractivity contribution in [3.05, 3.63) is 12.5 Å². The quantitative estimate of drug-likeness (QED) is 0.749. The number of aromatic nitrogens is 2. The van der Waals surface area contributed by atoms with Crippen LogP contribution in [0.25, 0.3) is 0 Å². The third-order valence-electron chi connectivity index (χ3n) is 5.03. The molecule has 3 atom stereocenters. The number of hydrogen-bond donors (Lipinski definition) is 2. The van der Waals surface area contributed by atoms with Gasteiger partial charge in [-0.25, -0.2) is 22.9 Å². The second-order valence-corrected chi connectivity index (χ2v) is 8.42. The molecule has 2 N–H and O–H groups in total. The molecule has 2 fully saturated rings. The molecule has 2 heterocycles. The van der Waals surface area contributed by atoms with Crippen LogP contribution in [0.4, 0.5) is 0 Å². The van der Waals surface area contributed by atoms with Crippen LogP contribution in [-0.4, -0.2) is 58.5 Å². The summed E-state index contributed by atoms with van der Waals surface area (Å²) < 4.78 is 28.1. The van der Waals surface area contributed by atoms with Crippen molar-refractivity contribution >= 4 is 21.9 Å². The van der Waals surface area contributed by atoms with Crippen molar-refractivity contribution in [1.29, 1.82) is 0 Å². The van der Waals surface area contributed by atoms with Crippen molar-refractivity contribution < 1.29 is 23.1 Å². The first kappa shape index (κ1) is 17.9. The fourth-order valence-electron chi connectivity index (χ4n) is 3.89. The number of rotatable bonds is 5. The number of carbonyl (C=O) groups is 2. The highest BCUT2D eigenvalue weighted by Gasteiger charge is 2.47. The molecule has 0 spiro atoms. The normalized spacial score (nSPS) is 26.4. The highest BCUT2D eigenvalue weighted by Crippen LogP contribution is 2.39. The summed E-state index contributed by atoms with van der Waals surface area (Å²) in [6.07, 6.45) is 6.81. The van der Waals surface area contributed by atoms with Gasteiger partial charge in [-0.1, -0.05) is 12.8 Å². The Balaban J connectivity index is 1.71. The van der Waals surface area contributed by atoms with Crippen molar-refractivity contribution in [2.75, 3.05) is 6.54 Å². The fourth-order valence-corrected chi connectivity index (χ4v) is 4.84. The van der Waals surface area contributed by atoms with Gasteiger partial charge in [0, 0.05) is 19.3 Å². The number of fused-ring (bicyclic) bond motifs is 1. The number of nitrogens with one attached hydrogen (secondary N) is 1. The molecule has 1 saturated carbocycles. The zero-order chi connectivity index (χ0) is 18.2. The number of hydrogen-bond acceptors (Lipinski definition) is 5. The molecule has 0 bridgehead atoms. The van der Waals surface area contributed by atoms with E-state index < -0.39 is 34.5 Å². The summed E-state index contributed by atoms with van der Waals surface area (Å²) in [4.78, 5) is 29.3. The number of likely N-dealkylation sites (tertiary alicyclic amines) is 1. The molecule has 3 unspecified atom stereocenters. The second-order valence-electron chi connectivity index (χ2n) is 6.70. The van der Waals surface area contributed by atoms with Crippen LogP contribution in [0.2, 0.25) is 0 Å². The molecule has 1 aromatic rings. The first-order chi connectivity index (χ1) is 11.8. The predicted molar refractivity (Wildman–Crippen MR) is 87.0 cm³/mol. The zero-order valence-corrected chi connectivity index (χ0v) is 14.8. The lowest BCUT2D eigenvalue weighted by Crippen LogP contribution is -2.49. The van der Waals surface area contributed by atoms with E-state index in [1.54, 1.807) is 7.05 Å². The molecule has 1 aliphatic carbocycles. The van der Waals surface area contributed by atoms with Crippen molar-refractivity contribution in [1.82, 2.24) is 19.2 Å². The van der Waals surface area contributed by atoms with E-state index in [4.69, 9.17) is 0 Å². The van der Waals surface area contributed by atoms with E-state index >= 15 is 0 Å². The molecule has 1 aliphatic heterocycles. The van der Waals surface area contributed by atoms with E-state index in [0.717, 1.165) is 25.7 Å². The van der Waals surface area contributed by atoms with E-state index in [1.807, 2.05) is 0 Å². The van der Waals surface area contributed by atoms with E-state index in [-0.39, 0.29) is 17.0 Å². The molecule has 25 heavy (non-hydrogen) atoms. The van der Waals surface area contributed by atoms with E-state index in [2.05, 4.69) is 9.71 Å². The maximum Gasteiger partial charge on any atom is 0.326 e. The van der Waals surface area contributed by atoms with Crippen LogP contribution in [0.15, 0.2) is 17.6 Å². The van der Waals surface area contributed by atoms with Crippen molar-refractivity contribution in [2.45, 2.75) is 49.2 Å². The molecule has 1 amide bonds. The van der Waals surface area contributed by atoms with Crippen LogP contribution < -0.4 is 4.72 Å². The number of carboxylic acid groups (broad SMARTS) is 1. The Morgan fingerprint density at radius 2 is 2.08 bits per heavy atom. The average Bonchev–Trinajstić information content (AvgIpc) is 3.17. The molecule has 1 saturated heterocycles. The van der Waals surface area contributed by atoms with Gasteiger partial charge in [0.2, 0.25) is 5.91 Å². The summed E-state index contributed by atoms with van der Waals surface area (Å²) in [6, 6.07) is -0.985. The summed E-state index contributed by atoms with van der Waals surface area (Å²) in [5, 5.41) is 9.27. The van der Waals surface area contributed by atoms with Gasteiger partial charge in [0.15, 0.2) is 5.03 Å². The first-order valence-electron chi connectivity index (χ1n) is 8.31. The molecular weight excluding hydrogens is 348 g/mol. The van der Waals surface area contributed by atoms with Crippen LogP contribution in [0.3, 0.4) is 0 Å². The van der Waals surface area contributed by atoms with Gasteiger partial charge in [-0.2, -0.15) is 0 Å². The highest BCUT2D eigenvalue weighted by molar-refractivity contribution is 7.89. The lowest BCUT2D eigenvalue weighted by molar-refractivity contribution is -0.149. The van der Waals surface area contributed by atoms with Gasteiger partial charge in [0.25, 0.3) is 10.0 Å². The smallest absolute Gasteiger partial charge is 0.326 e. The summed E-state index contributed by atoms with van der Waals surface area (Å²) in [5.41, 5.74) is 0. The van der Waals surface area contributed by atoms with Gasteiger partial charge < -0.3 is 14.6 Å². The number of carbonyl (C=O) groups excluding carboxylic acids is 1. The monoisotopic (exact) mass is 370 g/mol. The summed E-state index contributed by atoms with van der Waals surface area (Å²) in [6.45, 7) is -0.466. The van der Waals surface area contributed by atoms with Crippen molar-refractivity contribution in [2.24, 2.45) is 13.0 Å². The number of nitrogens with zero attached hydrogens (tertiary/aromatic N) is 3. The Hall–Kier alpha value is -1.94.